The Morgan fingerprint density at radius 3 is 1.78 bits per heavy atom. The van der Waals surface area contributed by atoms with E-state index in [4.69, 9.17) is 23.2 Å². The molecule has 0 N–H and O–H groups in total. The normalized spacial score (nSPS) is 8.22. The zero-order valence-corrected chi connectivity index (χ0v) is 7.47. The third-order valence-corrected chi connectivity index (χ3v) is 1.16. The SMILES string of the molecule is Clc1[c]c(Cl)ccc1.[Rh]. The number of halogens is 2. The van der Waals surface area contributed by atoms with E-state index in [0.29, 0.717) is 10.0 Å². The largest absolute Gasteiger partial charge is 0.0836 e. The Hall–Kier alpha value is 0.423. The molecule has 0 unspecified atom stereocenters. The van der Waals surface area contributed by atoms with Gasteiger partial charge in [0.15, 0.2) is 0 Å². The Morgan fingerprint density at radius 1 is 1.11 bits per heavy atom. The van der Waals surface area contributed by atoms with Gasteiger partial charge in [0, 0.05) is 35.6 Å². The minimum atomic E-state index is 0. The zero-order valence-electron chi connectivity index (χ0n) is 4.32. The molecule has 1 aromatic rings. The Kier molecular flexibility index (Phi) is 4.47. The molecule has 0 spiro atoms. The second-order valence-electron chi connectivity index (χ2n) is 1.35. The summed E-state index contributed by atoms with van der Waals surface area (Å²) in [7, 11) is 0. The van der Waals surface area contributed by atoms with Crippen LogP contribution in [-0.2, 0) is 19.5 Å². The van der Waals surface area contributed by atoms with Gasteiger partial charge in [0.05, 0.1) is 0 Å². The van der Waals surface area contributed by atoms with Crippen LogP contribution < -0.4 is 0 Å². The van der Waals surface area contributed by atoms with Crippen LogP contribution in [0.4, 0.5) is 0 Å². The third kappa shape index (κ3) is 3.20. The smallest absolute Gasteiger partial charge is 0.0500 e. The van der Waals surface area contributed by atoms with E-state index in [-0.39, 0.29) is 19.5 Å². The van der Waals surface area contributed by atoms with E-state index in [1.54, 1.807) is 18.2 Å². The van der Waals surface area contributed by atoms with Gasteiger partial charge in [-0.25, -0.2) is 0 Å². The van der Waals surface area contributed by atoms with Gasteiger partial charge in [-0.05, 0) is 12.1 Å². The zero-order chi connectivity index (χ0) is 5.98. The molecule has 0 saturated carbocycles. The molecule has 0 atom stereocenters. The van der Waals surface area contributed by atoms with Crippen molar-refractivity contribution in [3.8, 4) is 0 Å². The van der Waals surface area contributed by atoms with Gasteiger partial charge in [0.1, 0.15) is 0 Å². The summed E-state index contributed by atoms with van der Waals surface area (Å²) in [6.07, 6.45) is 0. The Labute approximate surface area is 76.9 Å². The van der Waals surface area contributed by atoms with Gasteiger partial charge in [-0.3, -0.25) is 0 Å². The first kappa shape index (κ1) is 9.42. The number of hydrogen-bond acceptors (Lipinski definition) is 0. The monoisotopic (exact) mass is 248 g/mol. The van der Waals surface area contributed by atoms with Crippen molar-refractivity contribution < 1.29 is 19.5 Å². The number of benzene rings is 1. The molecule has 0 aliphatic rings. The molecule has 0 saturated heterocycles. The first-order valence-corrected chi connectivity index (χ1v) is 2.88. The minimum absolute atomic E-state index is 0. The van der Waals surface area contributed by atoms with Crippen molar-refractivity contribution in [2.45, 2.75) is 0 Å². The maximum absolute atomic E-state index is 5.50. The second-order valence-corrected chi connectivity index (χ2v) is 2.16. The van der Waals surface area contributed by atoms with Crippen molar-refractivity contribution in [3.05, 3.63) is 34.3 Å². The Bertz CT molecular complexity index is 171. The molecule has 0 amide bonds. The molecule has 0 aliphatic heterocycles. The summed E-state index contributed by atoms with van der Waals surface area (Å²) in [6, 6.07) is 7.94. The number of hydrogen-bond donors (Lipinski definition) is 0. The molecule has 3 heteroatoms. The fraction of sp³-hybridized carbons (Fsp3) is 0. The van der Waals surface area contributed by atoms with E-state index in [9.17, 15) is 0 Å². The molecular formula is C6H3Cl2Rh. The Balaban J connectivity index is 0.000000640. The van der Waals surface area contributed by atoms with Gasteiger partial charge in [-0.15, -0.1) is 0 Å². The van der Waals surface area contributed by atoms with Gasteiger partial charge < -0.3 is 0 Å². The summed E-state index contributed by atoms with van der Waals surface area (Å²) in [5, 5.41) is 1.11. The summed E-state index contributed by atoms with van der Waals surface area (Å²) in [5.74, 6) is 0. The molecular weight excluding hydrogens is 246 g/mol. The summed E-state index contributed by atoms with van der Waals surface area (Å²) < 4.78 is 0. The fourth-order valence-corrected chi connectivity index (χ4v) is 0.812. The van der Waals surface area contributed by atoms with Gasteiger partial charge in [0.2, 0.25) is 0 Å². The molecule has 1 rings (SSSR count). The molecule has 0 aromatic heterocycles. The standard InChI is InChI=1S/C6H3Cl2.Rh/c7-5-2-1-3-6(8)4-5;/h1-3H;. The minimum Gasteiger partial charge on any atom is -0.0836 e. The summed E-state index contributed by atoms with van der Waals surface area (Å²) in [4.78, 5) is 0. The molecule has 0 heterocycles. The molecule has 0 fully saturated rings. The number of rotatable bonds is 0. The molecule has 9 heavy (non-hydrogen) atoms. The van der Waals surface area contributed by atoms with Crippen molar-refractivity contribution in [1.82, 2.24) is 0 Å². The van der Waals surface area contributed by atoms with Crippen molar-refractivity contribution in [2.75, 3.05) is 0 Å². The van der Waals surface area contributed by atoms with Crippen LogP contribution in [0, 0.1) is 6.07 Å². The van der Waals surface area contributed by atoms with Crippen LogP contribution >= 0.6 is 23.2 Å². The fourth-order valence-electron chi connectivity index (χ4n) is 0.414. The van der Waals surface area contributed by atoms with Gasteiger partial charge in [0.25, 0.3) is 0 Å². The van der Waals surface area contributed by atoms with Crippen molar-refractivity contribution in [3.63, 3.8) is 0 Å². The van der Waals surface area contributed by atoms with E-state index >= 15 is 0 Å². The summed E-state index contributed by atoms with van der Waals surface area (Å²) in [6.45, 7) is 0. The maximum atomic E-state index is 5.50. The predicted molar refractivity (Wildman–Crippen MR) is 35.3 cm³/mol. The topological polar surface area (TPSA) is 0 Å². The van der Waals surface area contributed by atoms with Crippen LogP contribution in [0.1, 0.15) is 0 Å². The van der Waals surface area contributed by atoms with Crippen LogP contribution in [0.5, 0.6) is 0 Å². The van der Waals surface area contributed by atoms with E-state index in [1.807, 2.05) is 0 Å². The van der Waals surface area contributed by atoms with Crippen LogP contribution in [-0.4, -0.2) is 0 Å². The van der Waals surface area contributed by atoms with Crippen molar-refractivity contribution in [1.29, 1.82) is 0 Å². The molecule has 50 valence electrons. The van der Waals surface area contributed by atoms with Gasteiger partial charge in [-0.2, -0.15) is 0 Å². The first-order chi connectivity index (χ1) is 3.79. The average Bonchev–Trinajstić information content (AvgIpc) is 1.64. The first-order valence-electron chi connectivity index (χ1n) is 2.12. The van der Waals surface area contributed by atoms with Crippen LogP contribution in [0.3, 0.4) is 0 Å². The van der Waals surface area contributed by atoms with Gasteiger partial charge in [-0.1, -0.05) is 29.3 Å². The molecule has 2 radical (unpaired) electrons. The van der Waals surface area contributed by atoms with E-state index in [2.05, 4.69) is 6.07 Å². The van der Waals surface area contributed by atoms with Crippen LogP contribution in [0.2, 0.25) is 10.0 Å². The van der Waals surface area contributed by atoms with Crippen molar-refractivity contribution in [2.24, 2.45) is 0 Å². The maximum Gasteiger partial charge on any atom is 0.0500 e. The van der Waals surface area contributed by atoms with Crippen LogP contribution in [0.25, 0.3) is 0 Å². The second kappa shape index (κ2) is 4.27. The molecule has 0 aliphatic carbocycles. The van der Waals surface area contributed by atoms with E-state index < -0.39 is 0 Å². The van der Waals surface area contributed by atoms with Gasteiger partial charge >= 0.3 is 0 Å². The molecule has 0 bridgehead atoms. The molecule has 0 nitrogen and oxygen atoms in total. The van der Waals surface area contributed by atoms with Crippen molar-refractivity contribution >= 4 is 23.2 Å². The van der Waals surface area contributed by atoms with E-state index in [0.717, 1.165) is 0 Å². The summed E-state index contributed by atoms with van der Waals surface area (Å²) in [5.41, 5.74) is 0. The van der Waals surface area contributed by atoms with Crippen LogP contribution in [0.15, 0.2) is 18.2 Å². The predicted octanol–water partition coefficient (Wildman–Crippen LogP) is 2.79. The average molecular weight is 249 g/mol. The molecule has 1 aromatic carbocycles. The summed E-state index contributed by atoms with van der Waals surface area (Å²) >= 11 is 11.0. The third-order valence-electron chi connectivity index (χ3n) is 0.724. The Morgan fingerprint density at radius 2 is 1.56 bits per heavy atom. The van der Waals surface area contributed by atoms with E-state index in [1.165, 1.54) is 0 Å². The quantitative estimate of drug-likeness (QED) is 0.620.